The molecule has 0 saturated heterocycles. The van der Waals surface area contributed by atoms with Gasteiger partial charge >= 0.3 is 0 Å². The maximum absolute atomic E-state index is 2.89. The number of aryl methyl sites for hydroxylation is 1. The molecule has 7 aromatic carbocycles. The standard InChI is InChI=1S/C66H72BN3/c1-41-36-56-59-57(37-41)70-60-51(65(13)34-17-18-35-66(65,70)14)38-44(63(8,9)10)39-53(60)67(59)52-33-32-47(40-55(52)69(56)54-23-19-22-50-58(54)48-20-15-16-21-49(48)64(50,11)12)68(45-28-24-42(25-29-45)61(2,3)4)46-30-26-43(27-31-46)62(5,6)7/h15-16,19-33,36-40H,17-18,34-35H2,1-14H3. The van der Waals surface area contributed by atoms with E-state index in [0.717, 1.165) is 17.1 Å². The van der Waals surface area contributed by atoms with Gasteiger partial charge in [-0.05, 0) is 158 Å². The van der Waals surface area contributed by atoms with E-state index in [2.05, 4.69) is 245 Å². The molecule has 0 aromatic heterocycles. The van der Waals surface area contributed by atoms with E-state index in [1.807, 2.05) is 0 Å². The van der Waals surface area contributed by atoms with Crippen LogP contribution in [0.25, 0.3) is 11.1 Å². The fourth-order valence-corrected chi connectivity index (χ4v) is 13.9. The molecule has 3 heterocycles. The molecule has 7 aromatic rings. The van der Waals surface area contributed by atoms with Crippen LogP contribution in [0.3, 0.4) is 0 Å². The monoisotopic (exact) mass is 918 g/mol. The molecular weight excluding hydrogens is 846 g/mol. The van der Waals surface area contributed by atoms with Gasteiger partial charge in [-0.2, -0.15) is 0 Å². The van der Waals surface area contributed by atoms with Crippen molar-refractivity contribution in [3.05, 3.63) is 172 Å². The smallest absolute Gasteiger partial charge is 0.252 e. The van der Waals surface area contributed by atoms with Gasteiger partial charge in [0, 0.05) is 56.2 Å². The predicted molar refractivity (Wildman–Crippen MR) is 302 cm³/mol. The molecule has 354 valence electrons. The van der Waals surface area contributed by atoms with E-state index in [4.69, 9.17) is 0 Å². The zero-order valence-electron chi connectivity index (χ0n) is 44.4. The van der Waals surface area contributed by atoms with Crippen LogP contribution in [-0.2, 0) is 27.1 Å². The average Bonchev–Trinajstić information content (AvgIpc) is 3.67. The van der Waals surface area contributed by atoms with Crippen molar-refractivity contribution in [3.63, 3.8) is 0 Å². The predicted octanol–water partition coefficient (Wildman–Crippen LogP) is 16.0. The topological polar surface area (TPSA) is 9.72 Å². The van der Waals surface area contributed by atoms with Gasteiger partial charge < -0.3 is 14.7 Å². The number of fused-ring (bicyclic) bond motifs is 10. The average molecular weight is 918 g/mol. The lowest BCUT2D eigenvalue weighted by atomic mass is 9.33. The first-order valence-electron chi connectivity index (χ1n) is 26.3. The molecule has 2 aliphatic carbocycles. The minimum atomic E-state index is -0.138. The Bertz CT molecular complexity index is 3240. The summed E-state index contributed by atoms with van der Waals surface area (Å²) in [6.45, 7) is 33.5. The molecule has 0 radical (unpaired) electrons. The Balaban J connectivity index is 1.18. The van der Waals surface area contributed by atoms with Gasteiger partial charge in [0.05, 0.1) is 11.2 Å². The Hall–Kier alpha value is -6.00. The Morgan fingerprint density at radius 3 is 1.73 bits per heavy atom. The molecule has 1 fully saturated rings. The van der Waals surface area contributed by atoms with Crippen molar-refractivity contribution < 1.29 is 0 Å². The van der Waals surface area contributed by atoms with Crippen LogP contribution in [0.4, 0.5) is 45.5 Å². The van der Waals surface area contributed by atoms with Crippen LogP contribution in [0, 0.1) is 6.92 Å². The normalized spacial score (nSPS) is 20.3. The zero-order chi connectivity index (χ0) is 49.2. The largest absolute Gasteiger partial charge is 0.335 e. The Kier molecular flexibility index (Phi) is 9.54. The first-order valence-corrected chi connectivity index (χ1v) is 26.3. The first kappa shape index (κ1) is 45.2. The maximum Gasteiger partial charge on any atom is 0.252 e. The molecule has 0 spiro atoms. The summed E-state index contributed by atoms with van der Waals surface area (Å²) in [5.41, 5.74) is 26.8. The van der Waals surface area contributed by atoms with Crippen LogP contribution in [0.5, 0.6) is 0 Å². The molecule has 2 atom stereocenters. The number of rotatable bonds is 4. The SMILES string of the molecule is Cc1cc2c3c(c1)N1c4c(cc(C(C)(C)C)cc4C4(C)CCCCC14C)B3c1ccc(N(c3ccc(C(C)(C)C)cc3)c3ccc(C(C)(C)C)cc3)cc1N2c1cccc2c1-c1ccccc1C2(C)C. The second kappa shape index (κ2) is 14.8. The van der Waals surface area contributed by atoms with Crippen molar-refractivity contribution in [1.82, 2.24) is 0 Å². The van der Waals surface area contributed by atoms with Crippen molar-refractivity contribution in [2.24, 2.45) is 0 Å². The summed E-state index contributed by atoms with van der Waals surface area (Å²) in [5, 5.41) is 0. The minimum Gasteiger partial charge on any atom is -0.335 e. The second-order valence-corrected chi connectivity index (χ2v) is 25.9. The third-order valence-electron chi connectivity index (χ3n) is 18.1. The van der Waals surface area contributed by atoms with Gasteiger partial charge in [0.1, 0.15) is 0 Å². The summed E-state index contributed by atoms with van der Waals surface area (Å²) < 4.78 is 0. The van der Waals surface area contributed by atoms with Crippen molar-refractivity contribution in [3.8, 4) is 11.1 Å². The molecule has 3 aliphatic heterocycles. The summed E-state index contributed by atoms with van der Waals surface area (Å²) >= 11 is 0. The van der Waals surface area contributed by atoms with Crippen LogP contribution < -0.4 is 31.1 Å². The van der Waals surface area contributed by atoms with Crippen LogP contribution in [0.1, 0.15) is 155 Å². The molecule has 70 heavy (non-hydrogen) atoms. The van der Waals surface area contributed by atoms with Crippen molar-refractivity contribution in [2.75, 3.05) is 14.7 Å². The van der Waals surface area contributed by atoms with Crippen molar-refractivity contribution in [1.29, 1.82) is 0 Å². The lowest BCUT2D eigenvalue weighted by molar-refractivity contribution is 0.195. The highest BCUT2D eigenvalue weighted by Crippen LogP contribution is 2.63. The van der Waals surface area contributed by atoms with Gasteiger partial charge in [0.15, 0.2) is 0 Å². The molecule has 12 rings (SSSR count). The number of anilines is 8. The number of hydrogen-bond acceptors (Lipinski definition) is 3. The number of hydrogen-bond donors (Lipinski definition) is 0. The number of benzene rings is 7. The zero-order valence-corrected chi connectivity index (χ0v) is 44.4. The highest BCUT2D eigenvalue weighted by atomic mass is 15.3. The summed E-state index contributed by atoms with van der Waals surface area (Å²) in [6, 6.07) is 52.8. The summed E-state index contributed by atoms with van der Waals surface area (Å²) in [6.07, 6.45) is 4.92. The van der Waals surface area contributed by atoms with Gasteiger partial charge in [-0.25, -0.2) is 0 Å². The van der Waals surface area contributed by atoms with Crippen LogP contribution in [0.15, 0.2) is 133 Å². The van der Waals surface area contributed by atoms with E-state index in [1.165, 1.54) is 115 Å². The Labute approximate surface area is 420 Å². The lowest BCUT2D eigenvalue weighted by Crippen LogP contribution is -2.64. The van der Waals surface area contributed by atoms with Gasteiger partial charge in [0.25, 0.3) is 6.71 Å². The molecule has 0 amide bonds. The summed E-state index contributed by atoms with van der Waals surface area (Å²) in [4.78, 5) is 8.09. The van der Waals surface area contributed by atoms with Crippen molar-refractivity contribution in [2.45, 2.75) is 155 Å². The fourth-order valence-electron chi connectivity index (χ4n) is 13.9. The van der Waals surface area contributed by atoms with Gasteiger partial charge in [0.2, 0.25) is 0 Å². The third-order valence-corrected chi connectivity index (χ3v) is 18.1. The Morgan fingerprint density at radius 1 is 0.500 bits per heavy atom. The minimum absolute atomic E-state index is 0.0134. The van der Waals surface area contributed by atoms with E-state index in [-0.39, 0.29) is 39.3 Å². The highest BCUT2D eigenvalue weighted by molar-refractivity contribution is 7.00. The molecule has 2 unspecified atom stereocenters. The van der Waals surface area contributed by atoms with E-state index < -0.39 is 0 Å². The van der Waals surface area contributed by atoms with E-state index in [0.29, 0.717) is 0 Å². The van der Waals surface area contributed by atoms with Crippen molar-refractivity contribution >= 4 is 68.6 Å². The van der Waals surface area contributed by atoms with Gasteiger partial charge in [-0.1, -0.05) is 175 Å². The van der Waals surface area contributed by atoms with Gasteiger partial charge in [-0.15, -0.1) is 0 Å². The van der Waals surface area contributed by atoms with Crippen LogP contribution >= 0.6 is 0 Å². The summed E-state index contributed by atoms with van der Waals surface area (Å²) in [7, 11) is 0. The van der Waals surface area contributed by atoms with E-state index >= 15 is 0 Å². The highest BCUT2D eigenvalue weighted by Gasteiger charge is 2.61. The lowest BCUT2D eigenvalue weighted by Gasteiger charge is -2.53. The molecule has 0 N–H and O–H groups in total. The third kappa shape index (κ3) is 6.26. The molecule has 1 saturated carbocycles. The molecule has 3 nitrogen and oxygen atoms in total. The second-order valence-electron chi connectivity index (χ2n) is 25.9. The molecule has 5 aliphatic rings. The van der Waals surface area contributed by atoms with E-state index in [1.54, 1.807) is 5.56 Å². The molecule has 4 heteroatoms. The molecular formula is C66H72BN3. The fraction of sp³-hybridized carbons (Fsp3) is 0.364. The number of nitrogens with zero attached hydrogens (tertiary/aromatic N) is 3. The quantitative estimate of drug-likeness (QED) is 0.163. The maximum atomic E-state index is 2.89. The van der Waals surface area contributed by atoms with Gasteiger partial charge in [-0.3, -0.25) is 0 Å². The molecule has 0 bridgehead atoms. The first-order chi connectivity index (χ1) is 33.0. The Morgan fingerprint density at radius 2 is 1.09 bits per heavy atom. The van der Waals surface area contributed by atoms with Crippen LogP contribution in [0.2, 0.25) is 0 Å². The summed E-state index contributed by atoms with van der Waals surface area (Å²) in [5.74, 6) is 0. The van der Waals surface area contributed by atoms with Crippen LogP contribution in [-0.4, -0.2) is 12.3 Å². The van der Waals surface area contributed by atoms with E-state index in [9.17, 15) is 0 Å².